The Labute approximate surface area is 156 Å². The number of alkyl halides is 3. The number of nitrogens with zero attached hydrogens (tertiary/aromatic N) is 1. The third-order valence-corrected chi connectivity index (χ3v) is 4.57. The van der Waals surface area contributed by atoms with Gasteiger partial charge in [0.2, 0.25) is 0 Å². The van der Waals surface area contributed by atoms with Crippen LogP contribution in [-0.2, 0) is 12.6 Å². The first-order chi connectivity index (χ1) is 12.7. The highest BCUT2D eigenvalue weighted by molar-refractivity contribution is 5.94. The van der Waals surface area contributed by atoms with Crippen molar-refractivity contribution in [2.24, 2.45) is 0 Å². The summed E-state index contributed by atoms with van der Waals surface area (Å²) in [6, 6.07) is 10.4. The number of carbonyl (C=O) groups is 1. The summed E-state index contributed by atoms with van der Waals surface area (Å²) in [5, 5.41) is 2.88. The van der Waals surface area contributed by atoms with E-state index in [0.717, 1.165) is 41.7 Å². The van der Waals surface area contributed by atoms with Crippen LogP contribution in [0.1, 0.15) is 45.1 Å². The summed E-state index contributed by atoms with van der Waals surface area (Å²) in [4.78, 5) is 14.4. The first-order valence-electron chi connectivity index (χ1n) is 8.69. The molecule has 3 nitrogen and oxygen atoms in total. The van der Waals surface area contributed by atoms with Crippen LogP contribution in [-0.4, -0.2) is 24.9 Å². The fraction of sp³-hybridized carbons (Fsp3) is 0.286. The van der Waals surface area contributed by atoms with Crippen LogP contribution in [0.25, 0.3) is 6.08 Å². The number of hydrogen-bond acceptors (Lipinski definition) is 2. The molecule has 0 saturated carbocycles. The first-order valence-corrected chi connectivity index (χ1v) is 8.69. The Morgan fingerprint density at radius 1 is 1.19 bits per heavy atom. The fourth-order valence-corrected chi connectivity index (χ4v) is 3.19. The number of amides is 1. The van der Waals surface area contributed by atoms with Gasteiger partial charge < -0.3 is 10.2 Å². The highest BCUT2D eigenvalue weighted by Gasteiger charge is 2.31. The molecule has 0 saturated heterocycles. The van der Waals surface area contributed by atoms with Gasteiger partial charge in [-0.3, -0.25) is 4.79 Å². The molecule has 0 bridgehead atoms. The van der Waals surface area contributed by atoms with E-state index in [9.17, 15) is 18.0 Å². The molecule has 0 radical (unpaired) electrons. The van der Waals surface area contributed by atoms with Crippen LogP contribution in [0.5, 0.6) is 0 Å². The molecule has 6 heteroatoms. The normalized spacial score (nSPS) is 16.4. The molecule has 2 aromatic carbocycles. The lowest BCUT2D eigenvalue weighted by atomic mass is 10.0. The second-order valence-corrected chi connectivity index (χ2v) is 6.88. The molecule has 1 atom stereocenters. The molecular formula is C21H21F3N2O. The van der Waals surface area contributed by atoms with Crippen LogP contribution in [0.15, 0.2) is 48.7 Å². The number of rotatable bonds is 4. The maximum absolute atomic E-state index is 12.9. The lowest BCUT2D eigenvalue weighted by Crippen LogP contribution is -2.27. The van der Waals surface area contributed by atoms with Crippen LogP contribution >= 0.6 is 0 Å². The highest BCUT2D eigenvalue weighted by Crippen LogP contribution is 2.33. The summed E-state index contributed by atoms with van der Waals surface area (Å²) < 4.78 is 38.6. The Hall–Kier alpha value is -2.76. The Morgan fingerprint density at radius 3 is 2.67 bits per heavy atom. The zero-order valence-corrected chi connectivity index (χ0v) is 15.2. The molecular weight excluding hydrogens is 353 g/mol. The van der Waals surface area contributed by atoms with E-state index in [1.807, 2.05) is 49.5 Å². The molecule has 1 amide bonds. The van der Waals surface area contributed by atoms with Gasteiger partial charge >= 0.3 is 6.18 Å². The molecule has 0 aliphatic heterocycles. The van der Waals surface area contributed by atoms with E-state index in [1.54, 1.807) is 0 Å². The molecule has 0 aromatic heterocycles. The lowest BCUT2D eigenvalue weighted by Gasteiger charge is -2.16. The number of aryl methyl sites for hydroxylation is 1. The van der Waals surface area contributed by atoms with Crippen molar-refractivity contribution in [3.63, 3.8) is 0 Å². The number of benzene rings is 2. The van der Waals surface area contributed by atoms with Crippen LogP contribution < -0.4 is 5.32 Å². The molecule has 27 heavy (non-hydrogen) atoms. The second-order valence-electron chi connectivity index (χ2n) is 6.88. The van der Waals surface area contributed by atoms with Crippen molar-refractivity contribution in [1.82, 2.24) is 10.2 Å². The maximum atomic E-state index is 12.9. The lowest BCUT2D eigenvalue weighted by molar-refractivity contribution is -0.137. The summed E-state index contributed by atoms with van der Waals surface area (Å²) in [5.74, 6) is -0.492. The summed E-state index contributed by atoms with van der Waals surface area (Å²) in [6.07, 6.45) is 1.02. The number of nitrogens with one attached hydrogen (secondary N) is 1. The van der Waals surface area contributed by atoms with E-state index >= 15 is 0 Å². The Balaban J connectivity index is 1.79. The molecule has 2 aromatic rings. The number of carbonyl (C=O) groups excluding carboxylic acids is 1. The van der Waals surface area contributed by atoms with E-state index in [2.05, 4.69) is 5.32 Å². The van der Waals surface area contributed by atoms with E-state index in [1.165, 1.54) is 12.1 Å². The molecule has 1 N–H and O–H groups in total. The SMILES string of the molecule is CN(C)/C=C/c1ccc2c(c1)C(NC(=O)c1cccc(C(F)(F)F)c1)CC2. The smallest absolute Gasteiger partial charge is 0.383 e. The van der Waals surface area contributed by atoms with Gasteiger partial charge in [0.1, 0.15) is 0 Å². The van der Waals surface area contributed by atoms with Gasteiger partial charge in [-0.15, -0.1) is 0 Å². The summed E-state index contributed by atoms with van der Waals surface area (Å²) >= 11 is 0. The Morgan fingerprint density at radius 2 is 1.96 bits per heavy atom. The second kappa shape index (κ2) is 7.47. The Bertz CT molecular complexity index is 872. The van der Waals surface area contributed by atoms with Crippen molar-refractivity contribution in [3.05, 3.63) is 76.5 Å². The topological polar surface area (TPSA) is 32.3 Å². The van der Waals surface area contributed by atoms with Crippen molar-refractivity contribution >= 4 is 12.0 Å². The number of fused-ring (bicyclic) bond motifs is 1. The quantitative estimate of drug-likeness (QED) is 0.845. The van der Waals surface area contributed by atoms with Crippen molar-refractivity contribution in [2.45, 2.75) is 25.1 Å². The minimum atomic E-state index is -4.47. The van der Waals surface area contributed by atoms with Crippen molar-refractivity contribution in [1.29, 1.82) is 0 Å². The van der Waals surface area contributed by atoms with E-state index in [4.69, 9.17) is 0 Å². The average Bonchev–Trinajstić information content (AvgIpc) is 3.01. The first kappa shape index (κ1) is 19.0. The zero-order valence-electron chi connectivity index (χ0n) is 15.2. The average molecular weight is 374 g/mol. The molecule has 1 aliphatic carbocycles. The monoisotopic (exact) mass is 374 g/mol. The van der Waals surface area contributed by atoms with Gasteiger partial charge in [0.25, 0.3) is 5.91 Å². The molecule has 1 unspecified atom stereocenters. The van der Waals surface area contributed by atoms with Gasteiger partial charge in [-0.25, -0.2) is 0 Å². The largest absolute Gasteiger partial charge is 0.416 e. The molecule has 0 fully saturated rings. The molecule has 0 spiro atoms. The maximum Gasteiger partial charge on any atom is 0.416 e. The molecule has 142 valence electrons. The van der Waals surface area contributed by atoms with Gasteiger partial charge in [0, 0.05) is 19.7 Å². The van der Waals surface area contributed by atoms with Gasteiger partial charge in [-0.05, 0) is 66.1 Å². The summed E-state index contributed by atoms with van der Waals surface area (Å²) in [5.41, 5.74) is 2.39. The minimum Gasteiger partial charge on any atom is -0.383 e. The van der Waals surface area contributed by atoms with Crippen LogP contribution in [0, 0.1) is 0 Å². The number of halogens is 3. The zero-order chi connectivity index (χ0) is 19.6. The highest BCUT2D eigenvalue weighted by atomic mass is 19.4. The van der Waals surface area contributed by atoms with E-state index in [0.29, 0.717) is 0 Å². The number of hydrogen-bond donors (Lipinski definition) is 1. The van der Waals surface area contributed by atoms with Gasteiger partial charge in [0.15, 0.2) is 0 Å². The third kappa shape index (κ3) is 4.51. The van der Waals surface area contributed by atoms with Crippen molar-refractivity contribution in [2.75, 3.05) is 14.1 Å². The molecule has 0 heterocycles. The fourth-order valence-electron chi connectivity index (χ4n) is 3.19. The molecule has 3 rings (SSSR count). The standard InChI is InChI=1S/C21H21F3N2O/c1-26(2)11-10-14-6-7-15-8-9-19(18(15)12-14)25-20(27)16-4-3-5-17(13-16)21(22,23)24/h3-7,10-13,19H,8-9H2,1-2H3,(H,25,27)/b11-10+. The predicted octanol–water partition coefficient (Wildman–Crippen LogP) is 4.66. The van der Waals surface area contributed by atoms with E-state index < -0.39 is 17.6 Å². The van der Waals surface area contributed by atoms with Gasteiger partial charge in [-0.1, -0.05) is 18.2 Å². The summed E-state index contributed by atoms with van der Waals surface area (Å²) in [6.45, 7) is 0. The van der Waals surface area contributed by atoms with Crippen molar-refractivity contribution < 1.29 is 18.0 Å². The van der Waals surface area contributed by atoms with Crippen LogP contribution in [0.2, 0.25) is 0 Å². The Kier molecular flexibility index (Phi) is 5.26. The molecule has 1 aliphatic rings. The predicted molar refractivity (Wildman–Crippen MR) is 99.1 cm³/mol. The summed E-state index contributed by atoms with van der Waals surface area (Å²) in [7, 11) is 3.86. The van der Waals surface area contributed by atoms with Crippen molar-refractivity contribution in [3.8, 4) is 0 Å². The van der Waals surface area contributed by atoms with E-state index in [-0.39, 0.29) is 11.6 Å². The van der Waals surface area contributed by atoms with Crippen LogP contribution in [0.4, 0.5) is 13.2 Å². The van der Waals surface area contributed by atoms with Crippen LogP contribution in [0.3, 0.4) is 0 Å². The van der Waals surface area contributed by atoms with Gasteiger partial charge in [-0.2, -0.15) is 13.2 Å². The third-order valence-electron chi connectivity index (χ3n) is 4.57. The minimum absolute atomic E-state index is 0.0157. The van der Waals surface area contributed by atoms with Gasteiger partial charge in [0.05, 0.1) is 11.6 Å².